The van der Waals surface area contributed by atoms with Crippen molar-refractivity contribution in [2.24, 2.45) is 4.99 Å². The number of hydrogen-bond acceptors (Lipinski definition) is 3. The van der Waals surface area contributed by atoms with Gasteiger partial charge in [0.05, 0.1) is 6.54 Å². The highest BCUT2D eigenvalue weighted by molar-refractivity contribution is 14.0. The molecule has 31 heavy (non-hydrogen) atoms. The lowest BCUT2D eigenvalue weighted by Gasteiger charge is -2.18. The summed E-state index contributed by atoms with van der Waals surface area (Å²) in [4.78, 5) is 18.1. The monoisotopic (exact) mass is 536 g/mol. The zero-order valence-electron chi connectivity index (χ0n) is 18.6. The Labute approximate surface area is 202 Å². The van der Waals surface area contributed by atoms with Gasteiger partial charge in [0.15, 0.2) is 5.96 Å². The van der Waals surface area contributed by atoms with E-state index in [0.717, 1.165) is 35.8 Å². The number of guanidine groups is 1. The van der Waals surface area contributed by atoms with Crippen molar-refractivity contribution in [1.29, 1.82) is 0 Å². The molecular formula is C24H33IN4O2. The number of amides is 1. The van der Waals surface area contributed by atoms with Crippen molar-refractivity contribution in [2.45, 2.75) is 45.9 Å². The van der Waals surface area contributed by atoms with Crippen molar-refractivity contribution < 1.29 is 9.53 Å². The Bertz CT molecular complexity index is 887. The number of rotatable bonds is 8. The van der Waals surface area contributed by atoms with E-state index in [1.807, 2.05) is 36.1 Å². The summed E-state index contributed by atoms with van der Waals surface area (Å²) < 4.78 is 5.96. The molecule has 0 bridgehead atoms. The lowest BCUT2D eigenvalue weighted by atomic mass is 10.1. The molecular weight excluding hydrogens is 503 g/mol. The number of aliphatic imine (C=N–C) groups is 1. The Kier molecular flexibility index (Phi) is 10.1. The molecule has 2 N–H and O–H groups in total. The van der Waals surface area contributed by atoms with Gasteiger partial charge in [0.25, 0.3) is 0 Å². The highest BCUT2D eigenvalue weighted by Gasteiger charge is 2.19. The number of carbonyl (C=O) groups excluding carboxylic acids is 1. The predicted octanol–water partition coefficient (Wildman–Crippen LogP) is 3.87. The van der Waals surface area contributed by atoms with Crippen LogP contribution in [0.2, 0.25) is 0 Å². The molecule has 7 heteroatoms. The number of hydrogen-bond donors (Lipinski definition) is 2. The highest BCUT2D eigenvalue weighted by Crippen LogP contribution is 2.15. The van der Waals surface area contributed by atoms with Gasteiger partial charge in [0.1, 0.15) is 11.9 Å². The van der Waals surface area contributed by atoms with Gasteiger partial charge in [0.2, 0.25) is 5.91 Å². The lowest BCUT2D eigenvalue weighted by molar-refractivity contribution is -0.128. The van der Waals surface area contributed by atoms with Gasteiger partial charge < -0.3 is 20.3 Å². The molecule has 1 heterocycles. The Balaban J connectivity index is 0.00000341. The zero-order chi connectivity index (χ0) is 21.3. The summed E-state index contributed by atoms with van der Waals surface area (Å²) in [6.45, 7) is 6.94. The summed E-state index contributed by atoms with van der Waals surface area (Å²) in [6, 6.07) is 16.4. The standard InChI is InChI=1S/C24H32N4O2.HI/c1-18-7-4-10-22(13-18)30-19(2)15-26-24(25-3)27-16-20-8-5-9-21(14-20)17-28-12-6-11-23(28)29;/h4-5,7-10,13-14,19H,6,11-12,15-17H2,1-3H3,(H2,25,26,27);1H. The van der Waals surface area contributed by atoms with E-state index < -0.39 is 0 Å². The maximum atomic E-state index is 11.9. The van der Waals surface area contributed by atoms with Crippen LogP contribution in [0.15, 0.2) is 53.5 Å². The van der Waals surface area contributed by atoms with Gasteiger partial charge in [-0.15, -0.1) is 24.0 Å². The Morgan fingerprint density at radius 1 is 1.16 bits per heavy atom. The van der Waals surface area contributed by atoms with E-state index in [-0.39, 0.29) is 36.0 Å². The van der Waals surface area contributed by atoms with Gasteiger partial charge in [-0.3, -0.25) is 9.79 Å². The molecule has 0 aliphatic carbocycles. The first-order valence-corrected chi connectivity index (χ1v) is 10.6. The third-order valence-electron chi connectivity index (χ3n) is 5.10. The van der Waals surface area contributed by atoms with Crippen LogP contribution in [0.1, 0.15) is 36.5 Å². The topological polar surface area (TPSA) is 66.0 Å². The number of benzene rings is 2. The predicted molar refractivity (Wildman–Crippen MR) is 136 cm³/mol. The third-order valence-corrected chi connectivity index (χ3v) is 5.10. The number of nitrogens with one attached hydrogen (secondary N) is 2. The Morgan fingerprint density at radius 3 is 2.65 bits per heavy atom. The normalized spacial score (nSPS) is 14.7. The van der Waals surface area contributed by atoms with Crippen molar-refractivity contribution in [1.82, 2.24) is 15.5 Å². The fourth-order valence-electron chi connectivity index (χ4n) is 3.54. The van der Waals surface area contributed by atoms with Gasteiger partial charge in [-0.1, -0.05) is 36.4 Å². The van der Waals surface area contributed by atoms with Crippen molar-refractivity contribution in [2.75, 3.05) is 20.1 Å². The van der Waals surface area contributed by atoms with E-state index in [9.17, 15) is 4.79 Å². The number of likely N-dealkylation sites (tertiary alicyclic amines) is 1. The van der Waals surface area contributed by atoms with Crippen LogP contribution in [0.5, 0.6) is 5.75 Å². The maximum Gasteiger partial charge on any atom is 0.222 e. The first-order valence-electron chi connectivity index (χ1n) is 10.6. The molecule has 0 radical (unpaired) electrons. The number of halogens is 1. The first kappa shape index (κ1) is 25.0. The van der Waals surface area contributed by atoms with Gasteiger partial charge >= 0.3 is 0 Å². The average molecular weight is 536 g/mol. The van der Waals surface area contributed by atoms with E-state index in [0.29, 0.717) is 26.1 Å². The van der Waals surface area contributed by atoms with E-state index >= 15 is 0 Å². The number of ether oxygens (including phenoxy) is 1. The number of carbonyl (C=O) groups is 1. The maximum absolute atomic E-state index is 11.9. The van der Waals surface area contributed by atoms with E-state index in [2.05, 4.69) is 46.8 Å². The van der Waals surface area contributed by atoms with Gasteiger partial charge in [0, 0.05) is 33.1 Å². The number of aryl methyl sites for hydroxylation is 1. The van der Waals surface area contributed by atoms with Gasteiger partial charge in [-0.25, -0.2) is 0 Å². The van der Waals surface area contributed by atoms with Crippen LogP contribution in [0.3, 0.4) is 0 Å². The molecule has 168 valence electrons. The summed E-state index contributed by atoms with van der Waals surface area (Å²) in [5.41, 5.74) is 3.50. The molecule has 1 aliphatic rings. The SMILES string of the molecule is CN=C(NCc1cccc(CN2CCCC2=O)c1)NCC(C)Oc1cccc(C)c1.I. The molecule has 1 amide bonds. The van der Waals surface area contributed by atoms with E-state index in [4.69, 9.17) is 4.74 Å². The number of nitrogens with zero attached hydrogens (tertiary/aromatic N) is 2. The average Bonchev–Trinajstić information content (AvgIpc) is 3.13. The molecule has 0 saturated carbocycles. The Morgan fingerprint density at radius 2 is 1.94 bits per heavy atom. The van der Waals surface area contributed by atoms with Crippen molar-refractivity contribution in [3.63, 3.8) is 0 Å². The quantitative estimate of drug-likeness (QED) is 0.306. The van der Waals surface area contributed by atoms with Crippen LogP contribution in [0, 0.1) is 6.92 Å². The molecule has 0 aromatic heterocycles. The van der Waals surface area contributed by atoms with E-state index in [1.54, 1.807) is 7.05 Å². The molecule has 6 nitrogen and oxygen atoms in total. The van der Waals surface area contributed by atoms with Crippen molar-refractivity contribution in [3.8, 4) is 5.75 Å². The summed E-state index contributed by atoms with van der Waals surface area (Å²) in [5.74, 6) is 1.86. The molecule has 2 aromatic carbocycles. The van der Waals surface area contributed by atoms with Crippen LogP contribution < -0.4 is 15.4 Å². The minimum Gasteiger partial charge on any atom is -0.489 e. The molecule has 0 spiro atoms. The summed E-state index contributed by atoms with van der Waals surface area (Å²) in [5, 5.41) is 6.66. The van der Waals surface area contributed by atoms with Crippen molar-refractivity contribution >= 4 is 35.8 Å². The summed E-state index contributed by atoms with van der Waals surface area (Å²) >= 11 is 0. The highest BCUT2D eigenvalue weighted by atomic mass is 127. The molecule has 1 fully saturated rings. The van der Waals surface area contributed by atoms with Crippen LogP contribution in [0.25, 0.3) is 0 Å². The second-order valence-corrected chi connectivity index (χ2v) is 7.79. The third kappa shape index (κ3) is 8.05. The van der Waals surface area contributed by atoms with Crippen LogP contribution in [-0.4, -0.2) is 43.0 Å². The molecule has 1 unspecified atom stereocenters. The first-order chi connectivity index (χ1) is 14.5. The second-order valence-electron chi connectivity index (χ2n) is 7.79. The largest absolute Gasteiger partial charge is 0.489 e. The van der Waals surface area contributed by atoms with E-state index in [1.165, 1.54) is 5.56 Å². The summed E-state index contributed by atoms with van der Waals surface area (Å²) in [7, 11) is 1.76. The van der Waals surface area contributed by atoms with Gasteiger partial charge in [-0.2, -0.15) is 0 Å². The fraction of sp³-hybridized carbons (Fsp3) is 0.417. The Hall–Kier alpha value is -2.29. The molecule has 1 atom stereocenters. The molecule has 2 aromatic rings. The minimum absolute atomic E-state index is 0. The van der Waals surface area contributed by atoms with Crippen LogP contribution in [-0.2, 0) is 17.9 Å². The summed E-state index contributed by atoms with van der Waals surface area (Å²) in [6.07, 6.45) is 1.65. The lowest BCUT2D eigenvalue weighted by Crippen LogP contribution is -2.41. The molecule has 3 rings (SSSR count). The zero-order valence-corrected chi connectivity index (χ0v) is 20.9. The van der Waals surface area contributed by atoms with Crippen molar-refractivity contribution in [3.05, 3.63) is 65.2 Å². The molecule has 1 aliphatic heterocycles. The fourth-order valence-corrected chi connectivity index (χ4v) is 3.54. The minimum atomic E-state index is 0. The second kappa shape index (κ2) is 12.5. The van der Waals surface area contributed by atoms with Crippen LogP contribution in [0.4, 0.5) is 0 Å². The van der Waals surface area contributed by atoms with Gasteiger partial charge in [-0.05, 0) is 49.1 Å². The molecule has 1 saturated heterocycles. The van der Waals surface area contributed by atoms with Crippen LogP contribution >= 0.6 is 24.0 Å². The smallest absolute Gasteiger partial charge is 0.222 e.